The predicted octanol–water partition coefficient (Wildman–Crippen LogP) is 1.89. The number of pyridine rings is 1. The lowest BCUT2D eigenvalue weighted by molar-refractivity contribution is -0.119. The second-order valence-electron chi connectivity index (χ2n) is 4.43. The van der Waals surface area contributed by atoms with Crippen molar-refractivity contribution in [2.75, 3.05) is 0 Å². The monoisotopic (exact) mass is 228 g/mol. The molecule has 4 heteroatoms. The summed E-state index contributed by atoms with van der Waals surface area (Å²) in [5, 5.41) is 4.09. The zero-order valence-corrected chi connectivity index (χ0v) is 9.30. The van der Waals surface area contributed by atoms with Crippen LogP contribution < -0.4 is 0 Å². The summed E-state index contributed by atoms with van der Waals surface area (Å²) in [6.07, 6.45) is 5.23. The molecule has 86 valence electrons. The van der Waals surface area contributed by atoms with Gasteiger partial charge >= 0.3 is 0 Å². The molecule has 2 heterocycles. The van der Waals surface area contributed by atoms with Crippen molar-refractivity contribution in [1.29, 1.82) is 0 Å². The minimum atomic E-state index is -0.122. The molecular weight excluding hydrogens is 216 g/mol. The van der Waals surface area contributed by atoms with Crippen LogP contribution in [0.2, 0.25) is 0 Å². The predicted molar refractivity (Wildman–Crippen MR) is 61.9 cm³/mol. The number of rotatable bonds is 4. The molecule has 4 nitrogen and oxygen atoms in total. The first-order valence-corrected chi connectivity index (χ1v) is 5.74. The average Bonchev–Trinajstić information content (AvgIpc) is 3.09. The van der Waals surface area contributed by atoms with Gasteiger partial charge in [-0.15, -0.1) is 0 Å². The van der Waals surface area contributed by atoms with E-state index in [-0.39, 0.29) is 23.9 Å². The fourth-order valence-electron chi connectivity index (χ4n) is 1.95. The van der Waals surface area contributed by atoms with Gasteiger partial charge in [0.2, 0.25) is 0 Å². The molecule has 0 atom stereocenters. The standard InChI is InChI=1S/C13H12N2O2/c16-12(9-4-5-9)7-13(17)10-8-14-15-6-2-1-3-11(10)15/h1-3,6,8-9H,4-5,7H2. The molecule has 3 rings (SSSR count). The Balaban J connectivity index is 1.87. The summed E-state index contributed by atoms with van der Waals surface area (Å²) in [5.41, 5.74) is 1.31. The molecule has 0 amide bonds. The molecule has 1 saturated carbocycles. The van der Waals surface area contributed by atoms with Crippen LogP contribution in [0.25, 0.3) is 5.52 Å². The summed E-state index contributed by atoms with van der Waals surface area (Å²) in [5.74, 6) is 0.0918. The summed E-state index contributed by atoms with van der Waals surface area (Å²) in [6.45, 7) is 0. The first-order chi connectivity index (χ1) is 8.25. The van der Waals surface area contributed by atoms with E-state index in [9.17, 15) is 9.59 Å². The van der Waals surface area contributed by atoms with E-state index in [4.69, 9.17) is 0 Å². The molecule has 1 aliphatic rings. The Hall–Kier alpha value is -1.97. The summed E-state index contributed by atoms with van der Waals surface area (Å²) in [7, 11) is 0. The topological polar surface area (TPSA) is 51.4 Å². The molecule has 0 N–H and O–H groups in total. The molecule has 1 aliphatic carbocycles. The number of aromatic nitrogens is 2. The highest BCUT2D eigenvalue weighted by atomic mass is 16.1. The third kappa shape index (κ3) is 1.86. The average molecular weight is 228 g/mol. The Labute approximate surface area is 98.2 Å². The van der Waals surface area contributed by atoms with Gasteiger partial charge in [-0.05, 0) is 25.0 Å². The molecule has 0 radical (unpaired) electrons. The van der Waals surface area contributed by atoms with Crippen LogP contribution in [0.3, 0.4) is 0 Å². The van der Waals surface area contributed by atoms with Gasteiger partial charge in [0.05, 0.1) is 23.7 Å². The molecule has 0 aromatic carbocycles. The van der Waals surface area contributed by atoms with E-state index in [0.29, 0.717) is 5.56 Å². The fourth-order valence-corrected chi connectivity index (χ4v) is 1.95. The Morgan fingerprint density at radius 1 is 1.35 bits per heavy atom. The zero-order chi connectivity index (χ0) is 11.8. The lowest BCUT2D eigenvalue weighted by Crippen LogP contribution is -2.09. The Bertz CT molecular complexity index is 596. The zero-order valence-electron chi connectivity index (χ0n) is 9.30. The number of ketones is 2. The van der Waals surface area contributed by atoms with E-state index >= 15 is 0 Å². The van der Waals surface area contributed by atoms with E-state index in [0.717, 1.165) is 18.4 Å². The smallest absolute Gasteiger partial charge is 0.174 e. The number of carbonyl (C=O) groups is 2. The molecule has 0 aliphatic heterocycles. The van der Waals surface area contributed by atoms with E-state index in [1.54, 1.807) is 10.7 Å². The number of carbonyl (C=O) groups excluding carboxylic acids is 2. The van der Waals surface area contributed by atoms with Crippen molar-refractivity contribution in [3.63, 3.8) is 0 Å². The first-order valence-electron chi connectivity index (χ1n) is 5.74. The van der Waals surface area contributed by atoms with E-state index in [1.807, 2.05) is 18.2 Å². The van der Waals surface area contributed by atoms with Gasteiger partial charge in [0.25, 0.3) is 0 Å². The molecule has 1 fully saturated rings. The van der Waals surface area contributed by atoms with Crippen LogP contribution in [0.15, 0.2) is 30.6 Å². The van der Waals surface area contributed by atoms with Crippen LogP contribution in [-0.2, 0) is 4.79 Å². The normalized spacial score (nSPS) is 15.1. The molecule has 0 unspecified atom stereocenters. The lowest BCUT2D eigenvalue weighted by atomic mass is 10.1. The second kappa shape index (κ2) is 3.80. The van der Waals surface area contributed by atoms with Crippen molar-refractivity contribution in [3.05, 3.63) is 36.2 Å². The van der Waals surface area contributed by atoms with Crippen LogP contribution in [0.4, 0.5) is 0 Å². The van der Waals surface area contributed by atoms with Gasteiger partial charge in [-0.25, -0.2) is 4.52 Å². The van der Waals surface area contributed by atoms with Crippen LogP contribution >= 0.6 is 0 Å². The minimum absolute atomic E-state index is 0.0148. The van der Waals surface area contributed by atoms with Gasteiger partial charge in [0, 0.05) is 12.1 Å². The molecule has 2 aromatic rings. The third-order valence-corrected chi connectivity index (χ3v) is 3.09. The number of fused-ring (bicyclic) bond motifs is 1. The van der Waals surface area contributed by atoms with Crippen molar-refractivity contribution < 1.29 is 9.59 Å². The highest BCUT2D eigenvalue weighted by Gasteiger charge is 2.31. The van der Waals surface area contributed by atoms with Crippen LogP contribution in [0, 0.1) is 5.92 Å². The Morgan fingerprint density at radius 2 is 2.18 bits per heavy atom. The van der Waals surface area contributed by atoms with Gasteiger partial charge < -0.3 is 0 Å². The Kier molecular flexibility index (Phi) is 2.28. The van der Waals surface area contributed by atoms with Gasteiger partial charge in [-0.3, -0.25) is 9.59 Å². The third-order valence-electron chi connectivity index (χ3n) is 3.09. The van der Waals surface area contributed by atoms with Crippen molar-refractivity contribution in [1.82, 2.24) is 9.61 Å². The lowest BCUT2D eigenvalue weighted by Gasteiger charge is -1.98. The second-order valence-corrected chi connectivity index (χ2v) is 4.43. The van der Waals surface area contributed by atoms with Crippen molar-refractivity contribution in [3.8, 4) is 0 Å². The van der Waals surface area contributed by atoms with E-state index in [2.05, 4.69) is 5.10 Å². The molecule has 0 saturated heterocycles. The summed E-state index contributed by atoms with van der Waals surface area (Å²) in [4.78, 5) is 23.6. The summed E-state index contributed by atoms with van der Waals surface area (Å²) >= 11 is 0. The largest absolute Gasteiger partial charge is 0.299 e. The number of Topliss-reactive ketones (excluding diaryl/α,β-unsaturated/α-hetero) is 2. The van der Waals surface area contributed by atoms with Crippen molar-refractivity contribution in [2.24, 2.45) is 5.92 Å². The fraction of sp³-hybridized carbons (Fsp3) is 0.308. The molecule has 0 bridgehead atoms. The molecule has 17 heavy (non-hydrogen) atoms. The van der Waals surface area contributed by atoms with Crippen molar-refractivity contribution >= 4 is 17.1 Å². The van der Waals surface area contributed by atoms with Gasteiger partial charge in [-0.1, -0.05) is 6.07 Å². The maximum Gasteiger partial charge on any atom is 0.174 e. The highest BCUT2D eigenvalue weighted by Crippen LogP contribution is 2.31. The molecule has 0 spiro atoms. The highest BCUT2D eigenvalue weighted by molar-refractivity contribution is 6.12. The number of hydrogen-bond donors (Lipinski definition) is 0. The van der Waals surface area contributed by atoms with Gasteiger partial charge in [0.15, 0.2) is 5.78 Å². The maximum absolute atomic E-state index is 12.0. The number of hydrogen-bond acceptors (Lipinski definition) is 3. The van der Waals surface area contributed by atoms with E-state index in [1.165, 1.54) is 6.20 Å². The minimum Gasteiger partial charge on any atom is -0.299 e. The molecule has 2 aromatic heterocycles. The SMILES string of the molecule is O=C(CC(=O)C1CC1)c1cnn2ccccc12. The van der Waals surface area contributed by atoms with Crippen LogP contribution in [0.1, 0.15) is 29.6 Å². The first kappa shape index (κ1) is 10.2. The van der Waals surface area contributed by atoms with E-state index < -0.39 is 0 Å². The summed E-state index contributed by atoms with van der Waals surface area (Å²) < 4.78 is 1.65. The van der Waals surface area contributed by atoms with Gasteiger partial charge in [0.1, 0.15) is 5.78 Å². The van der Waals surface area contributed by atoms with Gasteiger partial charge in [-0.2, -0.15) is 5.10 Å². The van der Waals surface area contributed by atoms with Crippen LogP contribution in [0.5, 0.6) is 0 Å². The molecular formula is C13H12N2O2. The van der Waals surface area contributed by atoms with Crippen LogP contribution in [-0.4, -0.2) is 21.2 Å². The number of nitrogens with zero attached hydrogens (tertiary/aromatic N) is 2. The Morgan fingerprint density at radius 3 is 2.94 bits per heavy atom. The quantitative estimate of drug-likeness (QED) is 0.593. The van der Waals surface area contributed by atoms with Crippen molar-refractivity contribution in [2.45, 2.75) is 19.3 Å². The summed E-state index contributed by atoms with van der Waals surface area (Å²) in [6, 6.07) is 5.54. The maximum atomic E-state index is 12.0.